The minimum Gasteiger partial charge on any atom is -0.397 e. The minimum absolute atomic E-state index is 0. The molecule has 5 heteroatoms. The fourth-order valence-corrected chi connectivity index (χ4v) is 0. The minimum atomic E-state index is 0. The van der Waals surface area contributed by atoms with Gasteiger partial charge in [0.15, 0.2) is 0 Å². The van der Waals surface area contributed by atoms with E-state index >= 15 is 0 Å². The van der Waals surface area contributed by atoms with Crippen LogP contribution in [0.3, 0.4) is 0 Å². The molecule has 0 aromatic carbocycles. The molecule has 0 heterocycles. The largest absolute Gasteiger partial charge is 2.00 e. The number of hydrogen-bond acceptors (Lipinski definition) is 4. The summed E-state index contributed by atoms with van der Waals surface area (Å²) in [4.78, 5) is 0. The van der Waals surface area contributed by atoms with Crippen LogP contribution in [0.15, 0.2) is 0 Å². The van der Waals surface area contributed by atoms with Gasteiger partial charge in [-0.3, -0.25) is 0 Å². The Morgan fingerprint density at radius 3 is 0.538 bits per heavy atom. The third kappa shape index (κ3) is 10300. The van der Waals surface area contributed by atoms with E-state index in [-0.39, 0.29) is 43.5 Å². The van der Waals surface area contributed by atoms with Crippen LogP contribution >= 0.6 is 0 Å². The maximum atomic E-state index is 7.57. The van der Waals surface area contributed by atoms with Gasteiger partial charge in [0.1, 0.15) is 0 Å². The molecule has 0 spiro atoms. The summed E-state index contributed by atoms with van der Waals surface area (Å²) in [6.07, 6.45) is 0. The molecule has 4 N–H and O–H groups in total. The van der Waals surface area contributed by atoms with Gasteiger partial charge in [0, 0.05) is 26.4 Å². The molecule has 0 fully saturated rings. The average molecular weight is 248 g/mol. The monoisotopic (exact) mass is 247 g/mol. The summed E-state index contributed by atoms with van der Waals surface area (Å²) in [7, 11) is 0. The van der Waals surface area contributed by atoms with Gasteiger partial charge in [-0.15, -0.1) is 0 Å². The molecule has 13 heavy (non-hydrogen) atoms. The van der Waals surface area contributed by atoms with E-state index in [1.165, 1.54) is 0 Å². The van der Waals surface area contributed by atoms with Gasteiger partial charge in [0.25, 0.3) is 0 Å². The quantitative estimate of drug-likeness (QED) is 0.454. The first-order valence-corrected chi connectivity index (χ1v) is 4.09. The second kappa shape index (κ2) is 83.9. The van der Waals surface area contributed by atoms with Gasteiger partial charge in [-0.2, -0.15) is 0 Å². The molecule has 0 rings (SSSR count). The molecule has 0 aliphatic heterocycles. The van der Waals surface area contributed by atoms with E-state index < -0.39 is 0 Å². The van der Waals surface area contributed by atoms with Gasteiger partial charge in [0.2, 0.25) is 0 Å². The van der Waals surface area contributed by atoms with E-state index in [0.717, 1.165) is 0 Å². The second-order valence-electron chi connectivity index (χ2n) is 1.26. The van der Waals surface area contributed by atoms with Crippen LogP contribution in [0.5, 0.6) is 0 Å². The number of aliphatic hydroxyl groups is 4. The summed E-state index contributed by atoms with van der Waals surface area (Å²) in [5.41, 5.74) is 0. The zero-order valence-corrected chi connectivity index (χ0v) is 9.86. The van der Waals surface area contributed by atoms with Gasteiger partial charge in [-0.1, -0.05) is 0 Å². The Hall–Kier alpha value is 0.359. The van der Waals surface area contributed by atoms with Crippen LogP contribution in [0.25, 0.3) is 0 Å². The fourth-order valence-electron chi connectivity index (χ4n) is 0. The molecule has 0 saturated carbocycles. The van der Waals surface area contributed by atoms with E-state index in [9.17, 15) is 0 Å². The standard InChI is InChI=1S/4C2H6O.Cu/c4*1-2-3;/h4*3H,2H2,1H3;/q;;;;+2. The van der Waals surface area contributed by atoms with E-state index in [1.54, 1.807) is 27.7 Å². The molecule has 1 radical (unpaired) electrons. The summed E-state index contributed by atoms with van der Waals surface area (Å²) in [6, 6.07) is 0. The number of aliphatic hydroxyl groups excluding tert-OH is 4. The van der Waals surface area contributed by atoms with Gasteiger partial charge in [0.05, 0.1) is 0 Å². The Balaban J connectivity index is -0.0000000213. The van der Waals surface area contributed by atoms with Gasteiger partial charge >= 0.3 is 17.1 Å². The summed E-state index contributed by atoms with van der Waals surface area (Å²) in [5, 5.41) is 30.3. The molecule has 0 unspecified atom stereocenters. The topological polar surface area (TPSA) is 80.9 Å². The zero-order chi connectivity index (χ0) is 10.8. The van der Waals surface area contributed by atoms with Crippen LogP contribution < -0.4 is 0 Å². The molecule has 4 nitrogen and oxygen atoms in total. The van der Waals surface area contributed by atoms with Crippen molar-refractivity contribution >= 4 is 0 Å². The molecule has 0 aromatic heterocycles. The summed E-state index contributed by atoms with van der Waals surface area (Å²) in [5.74, 6) is 0. The molecule has 0 saturated heterocycles. The van der Waals surface area contributed by atoms with Crippen molar-refractivity contribution in [1.29, 1.82) is 0 Å². The van der Waals surface area contributed by atoms with Crippen molar-refractivity contribution in [3.8, 4) is 0 Å². The predicted octanol–water partition coefficient (Wildman–Crippen LogP) is -0.00810. The average Bonchev–Trinajstić information content (AvgIpc) is 1.92. The first-order chi connectivity index (χ1) is 5.66. The maximum absolute atomic E-state index is 7.57. The molecule has 0 bridgehead atoms. The zero-order valence-electron chi connectivity index (χ0n) is 8.92. The van der Waals surface area contributed by atoms with E-state index in [0.29, 0.717) is 0 Å². The third-order valence-corrected chi connectivity index (χ3v) is 0. The molecule has 0 amide bonds. The first kappa shape index (κ1) is 29.2. The number of hydrogen-bond donors (Lipinski definition) is 4. The fraction of sp³-hybridized carbons (Fsp3) is 1.00. The normalized spacial score (nSPS) is 5.54. The van der Waals surface area contributed by atoms with Gasteiger partial charge < -0.3 is 20.4 Å². The van der Waals surface area contributed by atoms with Crippen LogP contribution in [0, 0.1) is 0 Å². The Morgan fingerprint density at radius 1 is 0.538 bits per heavy atom. The van der Waals surface area contributed by atoms with E-state index in [1.807, 2.05) is 0 Å². The van der Waals surface area contributed by atoms with E-state index in [4.69, 9.17) is 20.4 Å². The van der Waals surface area contributed by atoms with Crippen molar-refractivity contribution < 1.29 is 37.5 Å². The van der Waals surface area contributed by atoms with Crippen LogP contribution in [-0.4, -0.2) is 46.9 Å². The van der Waals surface area contributed by atoms with Crippen LogP contribution in [-0.2, 0) is 17.1 Å². The molecular formula is C8H24CuO4+2. The van der Waals surface area contributed by atoms with Crippen LogP contribution in [0.1, 0.15) is 27.7 Å². The third-order valence-electron chi connectivity index (χ3n) is 0. The van der Waals surface area contributed by atoms with Crippen LogP contribution in [0.4, 0.5) is 0 Å². The van der Waals surface area contributed by atoms with Gasteiger partial charge in [-0.25, -0.2) is 0 Å². The van der Waals surface area contributed by atoms with Crippen molar-refractivity contribution in [3.05, 3.63) is 0 Å². The van der Waals surface area contributed by atoms with Crippen LogP contribution in [0.2, 0.25) is 0 Å². The summed E-state index contributed by atoms with van der Waals surface area (Å²) in [6.45, 7) is 7.72. The van der Waals surface area contributed by atoms with Gasteiger partial charge in [-0.05, 0) is 27.7 Å². The Bertz CT molecular complexity index is 24.1. The maximum Gasteiger partial charge on any atom is 2.00 e. The number of rotatable bonds is 0. The summed E-state index contributed by atoms with van der Waals surface area (Å²) >= 11 is 0. The second-order valence-corrected chi connectivity index (χ2v) is 1.26. The van der Waals surface area contributed by atoms with E-state index in [2.05, 4.69) is 0 Å². The van der Waals surface area contributed by atoms with Crippen molar-refractivity contribution in [3.63, 3.8) is 0 Å². The van der Waals surface area contributed by atoms with Crippen molar-refractivity contribution in [1.82, 2.24) is 0 Å². The Morgan fingerprint density at radius 2 is 0.538 bits per heavy atom. The molecule has 0 atom stereocenters. The molecule has 89 valence electrons. The van der Waals surface area contributed by atoms with Crippen molar-refractivity contribution in [2.24, 2.45) is 0 Å². The molecule has 0 aliphatic rings. The molecule has 0 aliphatic carbocycles. The first-order valence-electron chi connectivity index (χ1n) is 4.09. The van der Waals surface area contributed by atoms with Crippen molar-refractivity contribution in [2.45, 2.75) is 27.7 Å². The summed E-state index contributed by atoms with van der Waals surface area (Å²) < 4.78 is 0. The Labute approximate surface area is 92.1 Å². The molecule has 0 aromatic rings. The smallest absolute Gasteiger partial charge is 0.397 e. The SMILES string of the molecule is CCO.CCO.CCO.CCO.[Cu+2]. The van der Waals surface area contributed by atoms with Crippen molar-refractivity contribution in [2.75, 3.05) is 26.4 Å². The Kier molecular flexibility index (Phi) is 189. The molecular weight excluding hydrogens is 224 g/mol. The predicted molar refractivity (Wildman–Crippen MR) is 51.0 cm³/mol.